The van der Waals surface area contributed by atoms with E-state index in [1.54, 1.807) is 0 Å². The van der Waals surface area contributed by atoms with Crippen LogP contribution in [0.2, 0.25) is 5.02 Å². The molecule has 0 saturated heterocycles. The number of halogens is 1. The maximum atomic E-state index is 10.9. The summed E-state index contributed by atoms with van der Waals surface area (Å²) in [5.41, 5.74) is 1.09. The summed E-state index contributed by atoms with van der Waals surface area (Å²) in [6.45, 7) is 6.39. The molecule has 1 saturated carbocycles. The number of rotatable bonds is 6. The van der Waals surface area contributed by atoms with E-state index in [0.717, 1.165) is 36.5 Å². The molecule has 1 aliphatic carbocycles. The molecule has 2 nitrogen and oxygen atoms in total. The molecule has 1 N–H and O–H groups in total. The van der Waals surface area contributed by atoms with E-state index >= 15 is 0 Å². The van der Waals surface area contributed by atoms with Gasteiger partial charge in [0.2, 0.25) is 0 Å². The molecule has 1 unspecified atom stereocenters. The minimum absolute atomic E-state index is 0.0359. The molecule has 1 aliphatic rings. The number of hydrogen-bond donors (Lipinski definition) is 1. The molecule has 0 bridgehead atoms. The lowest BCUT2D eigenvalue weighted by atomic mass is 9.84. The molecule has 0 aliphatic heterocycles. The standard InChI is InChI=1S/C17H26ClNO/c1-3-19(4-2)17(10-5-6-11-17)16(20)13-14-8-7-9-15(18)12-14/h7-9,12,16,20H,3-6,10-11,13H2,1-2H3. The average Bonchev–Trinajstić information content (AvgIpc) is 2.91. The van der Waals surface area contributed by atoms with Crippen LogP contribution < -0.4 is 0 Å². The zero-order valence-electron chi connectivity index (χ0n) is 12.6. The van der Waals surface area contributed by atoms with Gasteiger partial charge in [-0.1, -0.05) is 50.4 Å². The highest BCUT2D eigenvalue weighted by Gasteiger charge is 2.44. The minimum atomic E-state index is -0.316. The van der Waals surface area contributed by atoms with Gasteiger partial charge in [0.25, 0.3) is 0 Å². The summed E-state index contributed by atoms with van der Waals surface area (Å²) in [7, 11) is 0. The second-order valence-electron chi connectivity index (χ2n) is 5.83. The highest BCUT2D eigenvalue weighted by atomic mass is 35.5. The Hall–Kier alpha value is -0.570. The molecule has 112 valence electrons. The number of benzene rings is 1. The highest BCUT2D eigenvalue weighted by molar-refractivity contribution is 6.30. The maximum absolute atomic E-state index is 10.9. The summed E-state index contributed by atoms with van der Waals surface area (Å²) in [6.07, 6.45) is 5.04. The fourth-order valence-corrected chi connectivity index (χ4v) is 3.99. The van der Waals surface area contributed by atoms with Gasteiger partial charge in [-0.25, -0.2) is 0 Å². The van der Waals surface area contributed by atoms with Crippen LogP contribution in [0.1, 0.15) is 45.1 Å². The van der Waals surface area contributed by atoms with Gasteiger partial charge in [-0.05, 0) is 43.6 Å². The molecule has 0 heterocycles. The van der Waals surface area contributed by atoms with E-state index in [9.17, 15) is 5.11 Å². The lowest BCUT2D eigenvalue weighted by Crippen LogP contribution is -2.55. The Morgan fingerprint density at radius 2 is 1.90 bits per heavy atom. The maximum Gasteiger partial charge on any atom is 0.0764 e. The molecular formula is C17H26ClNO. The predicted octanol–water partition coefficient (Wildman–Crippen LogP) is 3.90. The largest absolute Gasteiger partial charge is 0.391 e. The van der Waals surface area contributed by atoms with E-state index < -0.39 is 0 Å². The molecular weight excluding hydrogens is 270 g/mol. The molecule has 3 heteroatoms. The first-order valence-electron chi connectivity index (χ1n) is 7.80. The van der Waals surface area contributed by atoms with E-state index in [-0.39, 0.29) is 11.6 Å². The van der Waals surface area contributed by atoms with Crippen molar-refractivity contribution < 1.29 is 5.11 Å². The second-order valence-corrected chi connectivity index (χ2v) is 6.27. The third-order valence-electron chi connectivity index (χ3n) is 4.80. The van der Waals surface area contributed by atoms with Gasteiger partial charge in [-0.3, -0.25) is 4.90 Å². The summed E-state index contributed by atoms with van der Waals surface area (Å²) >= 11 is 6.05. The van der Waals surface area contributed by atoms with Crippen molar-refractivity contribution in [3.63, 3.8) is 0 Å². The van der Waals surface area contributed by atoms with Crippen LogP contribution in [-0.4, -0.2) is 34.7 Å². The van der Waals surface area contributed by atoms with E-state index in [1.807, 2.05) is 18.2 Å². The molecule has 2 rings (SSSR count). The summed E-state index contributed by atoms with van der Waals surface area (Å²) in [4.78, 5) is 2.45. The average molecular weight is 296 g/mol. The normalized spacial score (nSPS) is 19.4. The Balaban J connectivity index is 2.17. The van der Waals surface area contributed by atoms with Gasteiger partial charge in [0.05, 0.1) is 6.10 Å². The van der Waals surface area contributed by atoms with Crippen LogP contribution in [0, 0.1) is 0 Å². The number of aliphatic hydroxyl groups excluding tert-OH is 1. The zero-order chi connectivity index (χ0) is 14.6. The van der Waals surface area contributed by atoms with Crippen LogP contribution in [0.15, 0.2) is 24.3 Å². The summed E-state index contributed by atoms with van der Waals surface area (Å²) in [5.74, 6) is 0. The third kappa shape index (κ3) is 3.19. The molecule has 1 atom stereocenters. The SMILES string of the molecule is CCN(CC)C1(C(O)Cc2cccc(Cl)c2)CCCC1. The van der Waals surface area contributed by atoms with Crippen molar-refractivity contribution in [3.05, 3.63) is 34.9 Å². The molecule has 20 heavy (non-hydrogen) atoms. The van der Waals surface area contributed by atoms with Crippen molar-refractivity contribution in [2.75, 3.05) is 13.1 Å². The van der Waals surface area contributed by atoms with Crippen molar-refractivity contribution in [2.45, 2.75) is 57.6 Å². The van der Waals surface area contributed by atoms with Crippen LogP contribution in [-0.2, 0) is 6.42 Å². The van der Waals surface area contributed by atoms with Crippen LogP contribution in [0.5, 0.6) is 0 Å². The lowest BCUT2D eigenvalue weighted by molar-refractivity contribution is -0.0244. The summed E-state index contributed by atoms with van der Waals surface area (Å²) < 4.78 is 0. The Kier molecular flexibility index (Phi) is 5.48. The van der Waals surface area contributed by atoms with Crippen molar-refractivity contribution >= 4 is 11.6 Å². The van der Waals surface area contributed by atoms with Crippen molar-refractivity contribution in [3.8, 4) is 0 Å². The van der Waals surface area contributed by atoms with Gasteiger partial charge in [-0.2, -0.15) is 0 Å². The molecule has 0 spiro atoms. The van der Waals surface area contributed by atoms with Gasteiger partial charge in [0.1, 0.15) is 0 Å². The van der Waals surface area contributed by atoms with Crippen molar-refractivity contribution in [1.29, 1.82) is 0 Å². The van der Waals surface area contributed by atoms with Crippen LogP contribution in [0.25, 0.3) is 0 Å². The van der Waals surface area contributed by atoms with Crippen LogP contribution in [0.4, 0.5) is 0 Å². The van der Waals surface area contributed by atoms with Gasteiger partial charge >= 0.3 is 0 Å². The summed E-state index contributed by atoms with van der Waals surface area (Å²) in [6, 6.07) is 7.87. The predicted molar refractivity (Wildman–Crippen MR) is 85.3 cm³/mol. The van der Waals surface area contributed by atoms with Gasteiger partial charge in [0, 0.05) is 17.0 Å². The van der Waals surface area contributed by atoms with Crippen LogP contribution in [0.3, 0.4) is 0 Å². The number of likely N-dealkylation sites (N-methyl/N-ethyl adjacent to an activating group) is 1. The van der Waals surface area contributed by atoms with E-state index in [1.165, 1.54) is 12.8 Å². The topological polar surface area (TPSA) is 23.5 Å². The molecule has 1 fully saturated rings. The van der Waals surface area contributed by atoms with E-state index in [2.05, 4.69) is 24.8 Å². The molecule has 0 radical (unpaired) electrons. The molecule has 0 aromatic heterocycles. The lowest BCUT2D eigenvalue weighted by Gasteiger charge is -2.44. The molecule has 1 aromatic carbocycles. The first-order chi connectivity index (χ1) is 9.62. The smallest absolute Gasteiger partial charge is 0.0764 e. The molecule has 1 aromatic rings. The number of nitrogens with zero attached hydrogens (tertiary/aromatic N) is 1. The fraction of sp³-hybridized carbons (Fsp3) is 0.647. The Labute approximate surface area is 127 Å². The highest BCUT2D eigenvalue weighted by Crippen LogP contribution is 2.39. The van der Waals surface area contributed by atoms with E-state index in [4.69, 9.17) is 11.6 Å². The van der Waals surface area contributed by atoms with Crippen molar-refractivity contribution in [2.24, 2.45) is 0 Å². The number of hydrogen-bond acceptors (Lipinski definition) is 2. The van der Waals surface area contributed by atoms with Crippen molar-refractivity contribution in [1.82, 2.24) is 4.90 Å². The first kappa shape index (κ1) is 15.8. The van der Waals surface area contributed by atoms with Gasteiger partial charge in [-0.15, -0.1) is 0 Å². The summed E-state index contributed by atoms with van der Waals surface area (Å²) in [5, 5.41) is 11.6. The fourth-order valence-electron chi connectivity index (χ4n) is 3.78. The first-order valence-corrected chi connectivity index (χ1v) is 8.17. The number of aliphatic hydroxyl groups is 1. The minimum Gasteiger partial charge on any atom is -0.391 e. The molecule has 0 amide bonds. The van der Waals surface area contributed by atoms with Crippen LogP contribution >= 0.6 is 11.6 Å². The Morgan fingerprint density at radius 1 is 1.25 bits per heavy atom. The zero-order valence-corrected chi connectivity index (χ0v) is 13.4. The monoisotopic (exact) mass is 295 g/mol. The van der Waals surface area contributed by atoms with Gasteiger partial charge in [0.15, 0.2) is 0 Å². The third-order valence-corrected chi connectivity index (χ3v) is 5.04. The van der Waals surface area contributed by atoms with Gasteiger partial charge < -0.3 is 5.11 Å². The quantitative estimate of drug-likeness (QED) is 0.860. The second kappa shape index (κ2) is 6.93. The Morgan fingerprint density at radius 3 is 2.45 bits per heavy atom. The van der Waals surface area contributed by atoms with E-state index in [0.29, 0.717) is 6.42 Å². The Bertz CT molecular complexity index is 425.